The largest absolute Gasteiger partial charge is 0.478 e. The summed E-state index contributed by atoms with van der Waals surface area (Å²) in [7, 11) is 0. The van der Waals surface area contributed by atoms with E-state index in [1.807, 2.05) is 30.5 Å². The first-order valence-corrected chi connectivity index (χ1v) is 13.7. The molecule has 4 heterocycles. The highest BCUT2D eigenvalue weighted by Crippen LogP contribution is 2.51. The quantitative estimate of drug-likeness (QED) is 0.287. The Hall–Kier alpha value is -3.01. The number of anilines is 1. The maximum absolute atomic E-state index is 13.7. The number of carbonyl (C=O) groups is 2. The average molecular weight is 567 g/mol. The molecule has 3 aromatic heterocycles. The van der Waals surface area contributed by atoms with E-state index in [4.69, 9.17) is 5.10 Å². The second kappa shape index (κ2) is 8.58. The van der Waals surface area contributed by atoms with Crippen LogP contribution in [-0.2, 0) is 4.79 Å². The highest BCUT2D eigenvalue weighted by Gasteiger charge is 2.42. The Bertz CT molecular complexity index is 1520. The molecule has 0 fully saturated rings. The third-order valence-corrected chi connectivity index (χ3v) is 9.37. The Kier molecular flexibility index (Phi) is 5.51. The molecule has 0 bridgehead atoms. The van der Waals surface area contributed by atoms with Crippen LogP contribution >= 0.6 is 38.6 Å². The fraction of sp³-hybridized carbons (Fsp3) is 0.192. The molecule has 2 atom stereocenters. The molecule has 6 rings (SSSR count). The van der Waals surface area contributed by atoms with Gasteiger partial charge in [-0.2, -0.15) is 5.10 Å². The van der Waals surface area contributed by atoms with Gasteiger partial charge in [0.2, 0.25) is 0 Å². The molecule has 9 heteroatoms. The van der Waals surface area contributed by atoms with E-state index in [1.54, 1.807) is 45.6 Å². The molecule has 2 aliphatic rings. The molecule has 1 aliphatic heterocycles. The van der Waals surface area contributed by atoms with Gasteiger partial charge in [-0.3, -0.25) is 4.79 Å². The molecule has 35 heavy (non-hydrogen) atoms. The number of fused-ring (bicyclic) bond motifs is 1. The molecular weight excluding hydrogens is 546 g/mol. The number of hydrogen-bond donors (Lipinski definition) is 2. The van der Waals surface area contributed by atoms with Crippen LogP contribution in [0.5, 0.6) is 0 Å². The number of para-hydroxylation sites is 1. The summed E-state index contributed by atoms with van der Waals surface area (Å²) in [5.41, 5.74) is 4.04. The van der Waals surface area contributed by atoms with Crippen LogP contribution in [0, 0.1) is 6.92 Å². The summed E-state index contributed by atoms with van der Waals surface area (Å²) < 4.78 is 2.68. The number of benzene rings is 1. The number of carbonyl (C=O) groups excluding carboxylic acids is 1. The zero-order valence-corrected chi connectivity index (χ0v) is 21.8. The van der Waals surface area contributed by atoms with E-state index in [1.165, 1.54) is 4.88 Å². The van der Waals surface area contributed by atoms with Gasteiger partial charge in [-0.1, -0.05) is 18.2 Å². The molecule has 0 radical (unpaired) electrons. The van der Waals surface area contributed by atoms with Crippen molar-refractivity contribution in [2.75, 3.05) is 5.32 Å². The average Bonchev–Trinajstić information content (AvgIpc) is 3.59. The number of nitrogens with one attached hydrogen (secondary N) is 1. The molecule has 4 aromatic rings. The molecule has 0 amide bonds. The number of rotatable bonds is 4. The third kappa shape index (κ3) is 3.69. The van der Waals surface area contributed by atoms with Gasteiger partial charge in [-0.05, 0) is 65.0 Å². The molecular formula is C26H20BrN3O3S2. The lowest BCUT2D eigenvalue weighted by Crippen LogP contribution is -2.30. The zero-order valence-electron chi connectivity index (χ0n) is 18.6. The van der Waals surface area contributed by atoms with Gasteiger partial charge in [0.25, 0.3) is 0 Å². The van der Waals surface area contributed by atoms with Gasteiger partial charge in [0, 0.05) is 38.9 Å². The van der Waals surface area contributed by atoms with Crippen molar-refractivity contribution in [1.82, 2.24) is 9.78 Å². The molecule has 1 aliphatic carbocycles. The highest BCUT2D eigenvalue weighted by molar-refractivity contribution is 9.11. The molecule has 2 N–H and O–H groups in total. The number of aromatic nitrogens is 2. The number of allylic oxidation sites excluding steroid dienone is 2. The van der Waals surface area contributed by atoms with E-state index < -0.39 is 5.97 Å². The van der Waals surface area contributed by atoms with E-state index in [0.29, 0.717) is 12.1 Å². The highest BCUT2D eigenvalue weighted by atomic mass is 79.9. The summed E-state index contributed by atoms with van der Waals surface area (Å²) in [5, 5.41) is 20.2. The second-order valence-corrected chi connectivity index (χ2v) is 12.2. The van der Waals surface area contributed by atoms with E-state index in [-0.39, 0.29) is 23.2 Å². The van der Waals surface area contributed by atoms with Crippen molar-refractivity contribution in [3.8, 4) is 5.69 Å². The molecule has 0 saturated carbocycles. The molecule has 176 valence electrons. The Morgan fingerprint density at radius 1 is 1.14 bits per heavy atom. The van der Waals surface area contributed by atoms with Crippen LogP contribution in [0.3, 0.4) is 0 Å². The smallest absolute Gasteiger partial charge is 0.337 e. The van der Waals surface area contributed by atoms with Crippen molar-refractivity contribution in [1.29, 1.82) is 0 Å². The normalized spacial score (nSPS) is 19.3. The van der Waals surface area contributed by atoms with Crippen molar-refractivity contribution < 1.29 is 14.7 Å². The van der Waals surface area contributed by atoms with Crippen molar-refractivity contribution >= 4 is 56.2 Å². The number of carboxylic acid groups (broad SMARTS) is 1. The van der Waals surface area contributed by atoms with Crippen LogP contribution in [0.1, 0.15) is 56.0 Å². The van der Waals surface area contributed by atoms with Gasteiger partial charge in [-0.15, -0.1) is 22.7 Å². The van der Waals surface area contributed by atoms with E-state index >= 15 is 0 Å². The topological polar surface area (TPSA) is 84.2 Å². The van der Waals surface area contributed by atoms with E-state index in [0.717, 1.165) is 43.4 Å². The lowest BCUT2D eigenvalue weighted by atomic mass is 9.75. The number of ketones is 1. The van der Waals surface area contributed by atoms with Gasteiger partial charge in [0.15, 0.2) is 5.78 Å². The predicted molar refractivity (Wildman–Crippen MR) is 141 cm³/mol. The SMILES string of the molecule is Cc1nn(-c2ccccc2C(=O)O)c2c1C(c1ccc(Br)s1)C1=C(CC(c3cccs3)CC1=O)N2. The minimum atomic E-state index is -1.01. The van der Waals surface area contributed by atoms with E-state index in [9.17, 15) is 14.7 Å². The second-order valence-electron chi connectivity index (χ2n) is 8.72. The lowest BCUT2D eigenvalue weighted by molar-refractivity contribution is -0.116. The summed E-state index contributed by atoms with van der Waals surface area (Å²) in [6.07, 6.45) is 1.20. The molecule has 0 spiro atoms. The Balaban J connectivity index is 1.56. The van der Waals surface area contributed by atoms with Crippen LogP contribution < -0.4 is 5.32 Å². The van der Waals surface area contributed by atoms with E-state index in [2.05, 4.69) is 33.4 Å². The number of halogens is 1. The summed E-state index contributed by atoms with van der Waals surface area (Å²) in [6, 6.07) is 15.0. The minimum absolute atomic E-state index is 0.120. The van der Waals surface area contributed by atoms with Gasteiger partial charge < -0.3 is 10.4 Å². The van der Waals surface area contributed by atoms with Crippen LogP contribution in [0.4, 0.5) is 5.82 Å². The Labute approximate surface area is 218 Å². The first-order valence-electron chi connectivity index (χ1n) is 11.2. The maximum Gasteiger partial charge on any atom is 0.337 e. The molecule has 2 unspecified atom stereocenters. The van der Waals surface area contributed by atoms with Gasteiger partial charge in [0.05, 0.1) is 26.6 Å². The Morgan fingerprint density at radius 2 is 1.97 bits per heavy atom. The van der Waals surface area contributed by atoms with Crippen LogP contribution in [-0.4, -0.2) is 26.6 Å². The summed E-state index contributed by atoms with van der Waals surface area (Å²) in [6.45, 7) is 1.92. The predicted octanol–water partition coefficient (Wildman–Crippen LogP) is 6.72. The van der Waals surface area contributed by atoms with Crippen LogP contribution in [0.2, 0.25) is 0 Å². The van der Waals surface area contributed by atoms with Crippen LogP contribution in [0.15, 0.2) is 69.0 Å². The van der Waals surface area contributed by atoms with Crippen molar-refractivity contribution in [3.63, 3.8) is 0 Å². The first kappa shape index (κ1) is 22.5. The summed E-state index contributed by atoms with van der Waals surface area (Å²) in [4.78, 5) is 27.9. The molecule has 1 aromatic carbocycles. The number of carboxylic acids is 1. The zero-order chi connectivity index (χ0) is 24.3. The Morgan fingerprint density at radius 3 is 2.69 bits per heavy atom. The number of hydrogen-bond acceptors (Lipinski definition) is 6. The minimum Gasteiger partial charge on any atom is -0.478 e. The lowest BCUT2D eigenvalue weighted by Gasteiger charge is -2.35. The number of aryl methyl sites for hydroxylation is 1. The fourth-order valence-corrected chi connectivity index (χ4v) is 7.56. The van der Waals surface area contributed by atoms with Gasteiger partial charge >= 0.3 is 5.97 Å². The molecule has 6 nitrogen and oxygen atoms in total. The summed E-state index contributed by atoms with van der Waals surface area (Å²) in [5.74, 6) is -0.267. The monoisotopic (exact) mass is 565 g/mol. The first-order chi connectivity index (χ1) is 16.9. The van der Waals surface area contributed by atoms with Crippen molar-refractivity contribution in [2.45, 2.75) is 31.6 Å². The third-order valence-electron chi connectivity index (χ3n) is 6.65. The van der Waals surface area contributed by atoms with Crippen molar-refractivity contribution in [2.24, 2.45) is 0 Å². The van der Waals surface area contributed by atoms with Crippen molar-refractivity contribution in [3.05, 3.63) is 95.5 Å². The maximum atomic E-state index is 13.7. The number of Topliss-reactive ketones (excluding diaryl/α,β-unsaturated/α-hetero) is 1. The fourth-order valence-electron chi connectivity index (χ4n) is 5.18. The van der Waals surface area contributed by atoms with Gasteiger partial charge in [-0.25, -0.2) is 9.48 Å². The standard InChI is InChI=1S/C26H20BrN3O3S2/c1-13-22-24(20-8-9-21(27)35-20)23-16(11-14(12-18(23)31)19-7-4-10-34-19)28-25(22)30(29-13)17-6-3-2-5-15(17)26(32)33/h2-10,14,24,28H,11-12H2,1H3,(H,32,33). The molecule has 0 saturated heterocycles. The number of thiophene rings is 2. The number of nitrogens with zero attached hydrogens (tertiary/aromatic N) is 2. The van der Waals surface area contributed by atoms with Crippen LogP contribution in [0.25, 0.3) is 5.69 Å². The van der Waals surface area contributed by atoms with Gasteiger partial charge in [0.1, 0.15) is 5.82 Å². The number of aromatic carboxylic acids is 1. The summed E-state index contributed by atoms with van der Waals surface area (Å²) >= 11 is 6.87.